The Morgan fingerprint density at radius 3 is 2.81 bits per heavy atom. The molecule has 16 heavy (non-hydrogen) atoms. The third-order valence-electron chi connectivity index (χ3n) is 1.94. The Balaban J connectivity index is 2.38. The Morgan fingerprint density at radius 1 is 1.31 bits per heavy atom. The number of nitrogens with zero attached hydrogens (tertiary/aromatic N) is 1. The van der Waals surface area contributed by atoms with Crippen LogP contribution in [0, 0.1) is 5.82 Å². The van der Waals surface area contributed by atoms with E-state index in [2.05, 4.69) is 20.9 Å². The largest absolute Gasteiger partial charge is 0.451 e. The average Bonchev–Trinajstić information content (AvgIpc) is 2.26. The number of hydrogen-bond acceptors (Lipinski definition) is 3. The summed E-state index contributed by atoms with van der Waals surface area (Å²) in [7, 11) is 0. The first-order valence-electron chi connectivity index (χ1n) is 4.50. The molecule has 2 aromatic rings. The molecular formula is C11H8BrFN2O. The zero-order valence-corrected chi connectivity index (χ0v) is 9.74. The predicted octanol–water partition coefficient (Wildman–Crippen LogP) is 3.36. The van der Waals surface area contributed by atoms with E-state index in [1.807, 2.05) is 0 Å². The van der Waals surface area contributed by atoms with Crippen LogP contribution in [0.25, 0.3) is 0 Å². The van der Waals surface area contributed by atoms with Crippen molar-refractivity contribution in [2.75, 3.05) is 5.73 Å². The van der Waals surface area contributed by atoms with Crippen molar-refractivity contribution in [1.29, 1.82) is 0 Å². The van der Waals surface area contributed by atoms with Crippen molar-refractivity contribution in [2.45, 2.75) is 0 Å². The second kappa shape index (κ2) is 4.49. The van der Waals surface area contributed by atoms with Crippen molar-refractivity contribution in [2.24, 2.45) is 0 Å². The number of ether oxygens (including phenoxy) is 1. The number of hydrogen-bond donors (Lipinski definition) is 1. The Bertz CT molecular complexity index is 499. The zero-order chi connectivity index (χ0) is 11.5. The van der Waals surface area contributed by atoms with Gasteiger partial charge in [0.1, 0.15) is 5.75 Å². The van der Waals surface area contributed by atoms with Gasteiger partial charge in [0.2, 0.25) is 0 Å². The molecule has 2 rings (SSSR count). The Hall–Kier alpha value is -1.62. The average molecular weight is 283 g/mol. The van der Waals surface area contributed by atoms with E-state index in [1.54, 1.807) is 24.5 Å². The standard InChI is InChI=1S/C11H8BrFN2O/c12-7-6-15-5-4-10(7)16-11-8(13)2-1-3-9(11)14/h1-6H,14H2. The van der Waals surface area contributed by atoms with Crippen LogP contribution in [0.1, 0.15) is 0 Å². The third-order valence-corrected chi connectivity index (χ3v) is 2.54. The molecule has 1 aromatic carbocycles. The van der Waals surface area contributed by atoms with E-state index < -0.39 is 5.82 Å². The number of pyridine rings is 1. The summed E-state index contributed by atoms with van der Waals surface area (Å²) in [5.74, 6) is -0.00934. The number of halogens is 2. The topological polar surface area (TPSA) is 48.1 Å². The molecule has 0 saturated heterocycles. The van der Waals surface area contributed by atoms with Gasteiger partial charge in [-0.15, -0.1) is 0 Å². The van der Waals surface area contributed by atoms with Crippen LogP contribution in [0.5, 0.6) is 11.5 Å². The van der Waals surface area contributed by atoms with Crippen LogP contribution in [0.4, 0.5) is 10.1 Å². The van der Waals surface area contributed by atoms with E-state index in [0.717, 1.165) is 0 Å². The fraction of sp³-hybridized carbons (Fsp3) is 0. The molecule has 2 N–H and O–H groups in total. The van der Waals surface area contributed by atoms with Gasteiger partial charge in [-0.1, -0.05) is 6.07 Å². The summed E-state index contributed by atoms with van der Waals surface area (Å²) in [6, 6.07) is 6.02. The first-order chi connectivity index (χ1) is 7.68. The minimum Gasteiger partial charge on any atom is -0.451 e. The molecule has 0 aliphatic rings. The summed E-state index contributed by atoms with van der Waals surface area (Å²) in [6.45, 7) is 0. The Labute approximate surface area is 100 Å². The molecule has 1 heterocycles. The summed E-state index contributed by atoms with van der Waals surface area (Å²) in [4.78, 5) is 3.88. The smallest absolute Gasteiger partial charge is 0.185 e. The van der Waals surface area contributed by atoms with Crippen molar-refractivity contribution < 1.29 is 9.13 Å². The van der Waals surface area contributed by atoms with E-state index in [9.17, 15) is 4.39 Å². The van der Waals surface area contributed by atoms with Crippen molar-refractivity contribution >= 4 is 21.6 Å². The van der Waals surface area contributed by atoms with E-state index >= 15 is 0 Å². The molecule has 0 radical (unpaired) electrons. The number of para-hydroxylation sites is 1. The van der Waals surface area contributed by atoms with E-state index in [-0.39, 0.29) is 11.4 Å². The number of nitrogen functional groups attached to an aromatic ring is 1. The van der Waals surface area contributed by atoms with Gasteiger partial charge in [0.15, 0.2) is 11.6 Å². The second-order valence-corrected chi connectivity index (χ2v) is 3.92. The minimum atomic E-state index is -0.497. The molecule has 0 spiro atoms. The van der Waals surface area contributed by atoms with Crippen molar-refractivity contribution in [3.8, 4) is 11.5 Å². The zero-order valence-electron chi connectivity index (χ0n) is 8.15. The lowest BCUT2D eigenvalue weighted by Gasteiger charge is -2.09. The summed E-state index contributed by atoms with van der Waals surface area (Å²) in [5.41, 5.74) is 5.88. The normalized spacial score (nSPS) is 10.1. The summed E-state index contributed by atoms with van der Waals surface area (Å²) < 4.78 is 19.5. The fourth-order valence-electron chi connectivity index (χ4n) is 1.19. The molecule has 5 heteroatoms. The molecule has 0 bridgehead atoms. The van der Waals surface area contributed by atoms with Gasteiger partial charge in [-0.3, -0.25) is 4.98 Å². The molecule has 0 saturated carbocycles. The van der Waals surface area contributed by atoms with E-state index in [4.69, 9.17) is 10.5 Å². The molecule has 0 amide bonds. The van der Waals surface area contributed by atoms with Gasteiger partial charge in [-0.25, -0.2) is 4.39 Å². The maximum absolute atomic E-state index is 13.4. The maximum Gasteiger partial charge on any atom is 0.185 e. The molecule has 0 fully saturated rings. The van der Waals surface area contributed by atoms with Crippen LogP contribution < -0.4 is 10.5 Å². The van der Waals surface area contributed by atoms with Crippen molar-refractivity contribution in [1.82, 2.24) is 4.98 Å². The quantitative estimate of drug-likeness (QED) is 0.860. The van der Waals surface area contributed by atoms with Crippen LogP contribution in [-0.4, -0.2) is 4.98 Å². The molecule has 3 nitrogen and oxygen atoms in total. The van der Waals surface area contributed by atoms with Gasteiger partial charge < -0.3 is 10.5 Å². The first kappa shape index (κ1) is 10.9. The highest BCUT2D eigenvalue weighted by Gasteiger charge is 2.10. The van der Waals surface area contributed by atoms with Crippen molar-refractivity contribution in [3.05, 3.63) is 46.9 Å². The summed E-state index contributed by atoms with van der Waals surface area (Å²) in [5, 5.41) is 0. The number of nitrogens with two attached hydrogens (primary N) is 1. The predicted molar refractivity (Wildman–Crippen MR) is 62.8 cm³/mol. The lowest BCUT2D eigenvalue weighted by atomic mass is 10.3. The number of aromatic nitrogens is 1. The van der Waals surface area contributed by atoms with Gasteiger partial charge >= 0.3 is 0 Å². The van der Waals surface area contributed by atoms with Gasteiger partial charge in [-0.05, 0) is 28.1 Å². The number of benzene rings is 1. The van der Waals surface area contributed by atoms with Crippen LogP contribution in [-0.2, 0) is 0 Å². The molecule has 0 unspecified atom stereocenters. The van der Waals surface area contributed by atoms with Gasteiger partial charge in [-0.2, -0.15) is 0 Å². The summed E-state index contributed by atoms with van der Waals surface area (Å²) in [6.07, 6.45) is 3.11. The highest BCUT2D eigenvalue weighted by Crippen LogP contribution is 2.33. The lowest BCUT2D eigenvalue weighted by molar-refractivity contribution is 0.442. The van der Waals surface area contributed by atoms with Gasteiger partial charge in [0.05, 0.1) is 10.2 Å². The summed E-state index contributed by atoms with van der Waals surface area (Å²) >= 11 is 3.25. The van der Waals surface area contributed by atoms with E-state index in [0.29, 0.717) is 10.2 Å². The highest BCUT2D eigenvalue weighted by atomic mass is 79.9. The van der Waals surface area contributed by atoms with Crippen molar-refractivity contribution in [3.63, 3.8) is 0 Å². The second-order valence-electron chi connectivity index (χ2n) is 3.07. The van der Waals surface area contributed by atoms with Crippen LogP contribution in [0.3, 0.4) is 0 Å². The monoisotopic (exact) mass is 282 g/mol. The molecular weight excluding hydrogens is 275 g/mol. The third kappa shape index (κ3) is 2.14. The van der Waals surface area contributed by atoms with Gasteiger partial charge in [0.25, 0.3) is 0 Å². The number of anilines is 1. The molecule has 0 atom stereocenters. The molecule has 1 aromatic heterocycles. The fourth-order valence-corrected chi connectivity index (χ4v) is 1.52. The van der Waals surface area contributed by atoms with E-state index in [1.165, 1.54) is 12.1 Å². The number of rotatable bonds is 2. The highest BCUT2D eigenvalue weighted by molar-refractivity contribution is 9.10. The first-order valence-corrected chi connectivity index (χ1v) is 5.29. The Kier molecular flexibility index (Phi) is 3.05. The maximum atomic E-state index is 13.4. The molecule has 0 aliphatic carbocycles. The molecule has 0 aliphatic heterocycles. The van der Waals surface area contributed by atoms with Gasteiger partial charge in [0, 0.05) is 18.5 Å². The lowest BCUT2D eigenvalue weighted by Crippen LogP contribution is -1.95. The van der Waals surface area contributed by atoms with Crippen LogP contribution >= 0.6 is 15.9 Å². The SMILES string of the molecule is Nc1cccc(F)c1Oc1ccncc1Br. The van der Waals surface area contributed by atoms with Crippen LogP contribution in [0.15, 0.2) is 41.1 Å². The molecule has 82 valence electrons. The minimum absolute atomic E-state index is 0.0226. The van der Waals surface area contributed by atoms with Crippen LogP contribution in [0.2, 0.25) is 0 Å². The Morgan fingerprint density at radius 2 is 2.12 bits per heavy atom.